The summed E-state index contributed by atoms with van der Waals surface area (Å²) in [6.45, 7) is 7.38. The number of alkyl halides is 1. The van der Waals surface area contributed by atoms with Crippen LogP contribution < -0.4 is 10.2 Å². The van der Waals surface area contributed by atoms with Crippen molar-refractivity contribution in [2.45, 2.75) is 66.4 Å². The van der Waals surface area contributed by atoms with Crippen LogP contribution in [0.1, 0.15) is 36.5 Å². The maximum atomic E-state index is 15.4. The normalized spacial score (nSPS) is 24.6. The number of carbonyl (C=O) groups is 4. The molecule has 3 fully saturated rings. The Kier molecular flexibility index (Phi) is 13.1. The number of carbonyl (C=O) groups excluding carboxylic acids is 4. The highest BCUT2D eigenvalue weighted by molar-refractivity contribution is 9.09. The fourth-order valence-electron chi connectivity index (χ4n) is 9.22. The number of methoxy groups -OCH3 is 1. The van der Waals surface area contributed by atoms with E-state index in [1.165, 1.54) is 12.0 Å². The van der Waals surface area contributed by atoms with Crippen LogP contribution in [-0.4, -0.2) is 95.2 Å². The smallest absolute Gasteiger partial charge is 0.313 e. The molecule has 1 unspecified atom stereocenters. The molecule has 2 N–H and O–H groups in total. The van der Waals surface area contributed by atoms with E-state index in [1.807, 2.05) is 91.0 Å². The highest BCUT2D eigenvalue weighted by Gasteiger charge is 2.77. The molecule has 1 spiro atoms. The number of ether oxygens (including phenoxy) is 3. The number of benzene rings is 4. The molecule has 308 valence electrons. The molecular formula is C47H50BrN3O8. The molecule has 3 heterocycles. The van der Waals surface area contributed by atoms with E-state index in [0.717, 1.165) is 16.3 Å². The zero-order chi connectivity index (χ0) is 41.7. The summed E-state index contributed by atoms with van der Waals surface area (Å²) in [5.74, 6) is -4.10. The van der Waals surface area contributed by atoms with Gasteiger partial charge in [-0.25, -0.2) is 0 Å². The number of fused-ring (bicyclic) bond motifs is 2. The number of nitrogens with zero attached hydrogens (tertiary/aromatic N) is 2. The summed E-state index contributed by atoms with van der Waals surface area (Å²) in [5.41, 5.74) is 0.632. The molecule has 59 heavy (non-hydrogen) atoms. The molecular weight excluding hydrogens is 814 g/mol. The highest BCUT2D eigenvalue weighted by Crippen LogP contribution is 2.61. The van der Waals surface area contributed by atoms with Crippen LogP contribution in [0.4, 0.5) is 5.69 Å². The van der Waals surface area contributed by atoms with Crippen LogP contribution >= 0.6 is 15.9 Å². The quantitative estimate of drug-likeness (QED) is 0.0698. The van der Waals surface area contributed by atoms with Gasteiger partial charge in [-0.2, -0.15) is 0 Å². The topological polar surface area (TPSA) is 135 Å². The van der Waals surface area contributed by atoms with Gasteiger partial charge < -0.3 is 34.4 Å². The summed E-state index contributed by atoms with van der Waals surface area (Å²) in [6, 6.07) is 29.3. The predicted octanol–water partition coefficient (Wildman–Crippen LogP) is 6.09. The summed E-state index contributed by atoms with van der Waals surface area (Å²) >= 11 is 3.78. The van der Waals surface area contributed by atoms with E-state index in [9.17, 15) is 14.7 Å². The molecule has 3 aliphatic heterocycles. The van der Waals surface area contributed by atoms with E-state index < -0.39 is 77.0 Å². The largest absolute Gasteiger partial charge is 0.455 e. The molecule has 0 saturated carbocycles. The van der Waals surface area contributed by atoms with Crippen LogP contribution in [0.2, 0.25) is 0 Å². The zero-order valence-electron chi connectivity index (χ0n) is 33.0. The Morgan fingerprint density at radius 3 is 2.37 bits per heavy atom. The number of likely N-dealkylation sites (tertiary alicyclic amines) is 1. The van der Waals surface area contributed by atoms with Gasteiger partial charge >= 0.3 is 5.97 Å². The van der Waals surface area contributed by atoms with E-state index in [2.05, 4.69) is 34.4 Å². The number of anilines is 1. The average molecular weight is 865 g/mol. The molecule has 12 heteroatoms. The summed E-state index contributed by atoms with van der Waals surface area (Å²) in [4.78, 5) is 61.3. The fourth-order valence-corrected chi connectivity index (χ4v) is 10.2. The first-order chi connectivity index (χ1) is 28.6. The summed E-state index contributed by atoms with van der Waals surface area (Å²) in [7, 11) is 1.50. The number of halogens is 1. The first-order valence-electron chi connectivity index (χ1n) is 20.0. The molecule has 7 rings (SSSR count). The van der Waals surface area contributed by atoms with E-state index in [4.69, 9.17) is 14.2 Å². The van der Waals surface area contributed by atoms with Crippen LogP contribution in [0.15, 0.2) is 128 Å². The van der Waals surface area contributed by atoms with E-state index in [-0.39, 0.29) is 38.3 Å². The van der Waals surface area contributed by atoms with Gasteiger partial charge in [0, 0.05) is 30.6 Å². The lowest BCUT2D eigenvalue weighted by molar-refractivity contribution is -0.163. The monoisotopic (exact) mass is 863 g/mol. The predicted molar refractivity (Wildman–Crippen MR) is 229 cm³/mol. The van der Waals surface area contributed by atoms with Crippen molar-refractivity contribution in [3.63, 3.8) is 0 Å². The van der Waals surface area contributed by atoms with Gasteiger partial charge in [-0.3, -0.25) is 19.2 Å². The van der Waals surface area contributed by atoms with Gasteiger partial charge in [0.25, 0.3) is 5.91 Å². The number of amides is 3. The number of aliphatic hydroxyl groups is 1. The molecule has 4 aromatic rings. The second-order valence-electron chi connectivity index (χ2n) is 15.4. The van der Waals surface area contributed by atoms with Gasteiger partial charge in [-0.15, -0.1) is 13.2 Å². The van der Waals surface area contributed by atoms with Crippen LogP contribution in [0.3, 0.4) is 0 Å². The van der Waals surface area contributed by atoms with Crippen molar-refractivity contribution in [1.82, 2.24) is 10.2 Å². The number of hydrogen-bond acceptors (Lipinski definition) is 8. The van der Waals surface area contributed by atoms with Gasteiger partial charge in [0.05, 0.1) is 43.2 Å². The molecule has 3 saturated heterocycles. The van der Waals surface area contributed by atoms with Gasteiger partial charge in [0.1, 0.15) is 17.7 Å². The van der Waals surface area contributed by atoms with E-state index in [0.29, 0.717) is 17.7 Å². The maximum absolute atomic E-state index is 15.4. The van der Waals surface area contributed by atoms with Crippen molar-refractivity contribution in [3.05, 3.63) is 140 Å². The Morgan fingerprint density at radius 1 is 1.00 bits per heavy atom. The highest BCUT2D eigenvalue weighted by atomic mass is 79.9. The Balaban J connectivity index is 1.29. The molecule has 2 bridgehead atoms. The lowest BCUT2D eigenvalue weighted by Crippen LogP contribution is -2.59. The number of esters is 1. The van der Waals surface area contributed by atoms with Gasteiger partial charge in [-0.05, 0) is 53.3 Å². The second kappa shape index (κ2) is 18.4. The van der Waals surface area contributed by atoms with Crippen molar-refractivity contribution in [2.75, 3.05) is 31.8 Å². The maximum Gasteiger partial charge on any atom is 0.313 e. The van der Waals surface area contributed by atoms with Crippen LogP contribution in [0, 0.1) is 11.8 Å². The lowest BCUT2D eigenvalue weighted by Gasteiger charge is -2.39. The van der Waals surface area contributed by atoms with Crippen LogP contribution in [0.25, 0.3) is 10.8 Å². The average Bonchev–Trinajstić information content (AvgIpc) is 3.86. The van der Waals surface area contributed by atoms with Gasteiger partial charge in [0.15, 0.2) is 0 Å². The van der Waals surface area contributed by atoms with Crippen LogP contribution in [0.5, 0.6) is 0 Å². The van der Waals surface area contributed by atoms with Crippen molar-refractivity contribution in [2.24, 2.45) is 11.8 Å². The van der Waals surface area contributed by atoms with Gasteiger partial charge in [0.2, 0.25) is 11.8 Å². The number of allylic oxidation sites excluding steroid dienone is 1. The SMILES string of the molecule is C=CCCC(=O)N[C@H](COC)[C@H](OC(=O)[C@H]1[C@@H]2O[C@@]3(CC2Br)[C@@H]1C(=O)N([C@@H](CO)Cc1ccccc1)[C@@H]3C(=O)N(CC=C)c1ccc2ccccc2c1)c1ccccc1. The number of nitrogens with one attached hydrogen (secondary N) is 1. The molecule has 0 aromatic heterocycles. The molecule has 3 amide bonds. The Bertz CT molecular complexity index is 2170. The molecule has 3 aliphatic rings. The third-order valence-corrected chi connectivity index (χ3v) is 12.6. The molecule has 0 aliphatic carbocycles. The minimum Gasteiger partial charge on any atom is -0.455 e. The third-order valence-electron chi connectivity index (χ3n) is 11.8. The summed E-state index contributed by atoms with van der Waals surface area (Å²) in [6.07, 6.45) is 2.62. The molecule has 11 nitrogen and oxygen atoms in total. The second-order valence-corrected chi connectivity index (χ2v) is 16.6. The number of rotatable bonds is 18. The van der Waals surface area contributed by atoms with Gasteiger partial charge in [-0.1, -0.05) is 119 Å². The van der Waals surface area contributed by atoms with Crippen molar-refractivity contribution in [1.29, 1.82) is 0 Å². The Hall–Kier alpha value is -5.14. The van der Waals surface area contributed by atoms with Crippen molar-refractivity contribution >= 4 is 56.1 Å². The lowest BCUT2D eigenvalue weighted by atomic mass is 9.70. The van der Waals surface area contributed by atoms with Crippen molar-refractivity contribution in [3.8, 4) is 0 Å². The van der Waals surface area contributed by atoms with Crippen LogP contribution in [-0.2, 0) is 39.8 Å². The standard InChI is InChI=1S/C47H50BrN3O8/c1-4-6-21-38(53)49-37(29-57-3)41(32-18-11-8-12-19-32)58-46(56)39-40-44(54)51(35(28-52)25-30-15-9-7-10-16-30)43(47(40)27-36(48)42(39)59-47)45(55)50(24-5-2)34-23-22-31-17-13-14-20-33(31)26-34/h4-5,7-20,22-23,26,35-37,39-43,52H,1-2,6,21,24-25,27-29H2,3H3,(H,49,53)/t35-,36?,37-,39-,40+,41-,42-,43-,47+/m1/s1. The van der Waals surface area contributed by atoms with Crippen molar-refractivity contribution < 1.29 is 38.5 Å². The summed E-state index contributed by atoms with van der Waals surface area (Å²) < 4.78 is 18.8. The fraction of sp³-hybridized carbons (Fsp3) is 0.362. The van der Waals surface area contributed by atoms with E-state index >= 15 is 9.59 Å². The molecule has 9 atom stereocenters. The van der Waals surface area contributed by atoms with E-state index in [1.54, 1.807) is 29.2 Å². The minimum atomic E-state index is -1.45. The summed E-state index contributed by atoms with van der Waals surface area (Å²) in [5, 5.41) is 16.0. The number of hydrogen-bond donors (Lipinski definition) is 2. The molecule has 0 radical (unpaired) electrons. The third kappa shape index (κ3) is 8.23. The Morgan fingerprint density at radius 2 is 1.69 bits per heavy atom. The zero-order valence-corrected chi connectivity index (χ0v) is 34.6. The Labute approximate surface area is 353 Å². The first kappa shape index (κ1) is 42.0. The molecule has 4 aromatic carbocycles. The number of aliphatic hydroxyl groups excluding tert-OH is 1. The first-order valence-corrected chi connectivity index (χ1v) is 20.9. The minimum absolute atomic E-state index is 0.0283.